The molecule has 1 saturated carbocycles. The molecule has 72 valence electrons. The Morgan fingerprint density at radius 3 is 2.25 bits per heavy atom. The minimum absolute atomic E-state index is 0.383. The fourth-order valence-corrected chi connectivity index (χ4v) is 1.98. The minimum Gasteiger partial charge on any atom is -0.396 e. The van der Waals surface area contributed by atoms with Crippen LogP contribution in [0.15, 0.2) is 0 Å². The average Bonchev–Trinajstić information content (AvgIpc) is 2.05. The van der Waals surface area contributed by atoms with Crippen molar-refractivity contribution in [3.05, 3.63) is 0 Å². The molecule has 2 heteroatoms. The number of nitrogens with one attached hydrogen (secondary N) is 1. The van der Waals surface area contributed by atoms with Crippen LogP contribution in [0.1, 0.15) is 39.5 Å². The predicted molar refractivity (Wildman–Crippen MR) is 51.1 cm³/mol. The van der Waals surface area contributed by atoms with Crippen molar-refractivity contribution in [2.24, 2.45) is 5.92 Å². The van der Waals surface area contributed by atoms with E-state index in [0.29, 0.717) is 24.6 Å². The van der Waals surface area contributed by atoms with E-state index in [4.69, 9.17) is 5.11 Å². The van der Waals surface area contributed by atoms with Gasteiger partial charge in [-0.15, -0.1) is 0 Å². The van der Waals surface area contributed by atoms with E-state index in [1.54, 1.807) is 0 Å². The molecule has 0 spiro atoms. The van der Waals surface area contributed by atoms with Crippen molar-refractivity contribution >= 4 is 0 Å². The fourth-order valence-electron chi connectivity index (χ4n) is 1.98. The molecule has 0 amide bonds. The molecule has 1 aliphatic rings. The van der Waals surface area contributed by atoms with Gasteiger partial charge in [-0.25, -0.2) is 0 Å². The molecule has 0 atom stereocenters. The molecule has 1 aliphatic carbocycles. The van der Waals surface area contributed by atoms with E-state index in [9.17, 15) is 0 Å². The first-order valence-electron chi connectivity index (χ1n) is 5.09. The van der Waals surface area contributed by atoms with E-state index in [-0.39, 0.29) is 0 Å². The maximum atomic E-state index is 8.94. The van der Waals surface area contributed by atoms with Crippen LogP contribution in [0.25, 0.3) is 0 Å². The maximum Gasteiger partial charge on any atom is 0.0459 e. The van der Waals surface area contributed by atoms with Gasteiger partial charge in [0.25, 0.3) is 0 Å². The molecule has 0 aliphatic heterocycles. The van der Waals surface area contributed by atoms with Crippen molar-refractivity contribution in [1.29, 1.82) is 0 Å². The Labute approximate surface area is 75.4 Å². The maximum absolute atomic E-state index is 8.94. The number of aliphatic hydroxyl groups excluding tert-OH is 1. The molecule has 0 unspecified atom stereocenters. The van der Waals surface area contributed by atoms with Gasteiger partial charge in [0.05, 0.1) is 0 Å². The predicted octanol–water partition coefficient (Wildman–Crippen LogP) is 1.54. The number of rotatable bonds is 3. The third-order valence-corrected chi connectivity index (χ3v) is 2.67. The zero-order valence-corrected chi connectivity index (χ0v) is 8.21. The summed E-state index contributed by atoms with van der Waals surface area (Å²) in [6, 6.07) is 1.30. The van der Waals surface area contributed by atoms with Gasteiger partial charge in [-0.05, 0) is 31.6 Å². The summed E-state index contributed by atoms with van der Waals surface area (Å²) in [7, 11) is 0. The average molecular weight is 171 g/mol. The Bertz CT molecular complexity index is 117. The Morgan fingerprint density at radius 1 is 1.25 bits per heavy atom. The lowest BCUT2D eigenvalue weighted by atomic mass is 9.86. The van der Waals surface area contributed by atoms with Gasteiger partial charge in [-0.3, -0.25) is 0 Å². The zero-order chi connectivity index (χ0) is 8.97. The lowest BCUT2D eigenvalue weighted by molar-refractivity contribution is 0.173. The topological polar surface area (TPSA) is 32.3 Å². The summed E-state index contributed by atoms with van der Waals surface area (Å²) in [6.07, 6.45) is 4.87. The van der Waals surface area contributed by atoms with E-state index in [1.807, 2.05) is 0 Å². The number of aliphatic hydroxyl groups is 1. The monoisotopic (exact) mass is 171 g/mol. The van der Waals surface area contributed by atoms with Crippen molar-refractivity contribution in [2.75, 3.05) is 6.61 Å². The van der Waals surface area contributed by atoms with Crippen LogP contribution in [0.3, 0.4) is 0 Å². The highest BCUT2D eigenvalue weighted by Crippen LogP contribution is 2.23. The highest BCUT2D eigenvalue weighted by molar-refractivity contribution is 4.77. The summed E-state index contributed by atoms with van der Waals surface area (Å²) in [5, 5.41) is 12.5. The molecule has 1 fully saturated rings. The summed E-state index contributed by atoms with van der Waals surface area (Å²) in [5.74, 6) is 0.579. The van der Waals surface area contributed by atoms with E-state index < -0.39 is 0 Å². The lowest BCUT2D eigenvalue weighted by Gasteiger charge is -2.29. The molecule has 0 aromatic heterocycles. The Hall–Kier alpha value is -0.0800. The van der Waals surface area contributed by atoms with Gasteiger partial charge in [0.15, 0.2) is 0 Å². The second kappa shape index (κ2) is 4.83. The molecule has 0 heterocycles. The first-order chi connectivity index (χ1) is 5.72. The van der Waals surface area contributed by atoms with Crippen molar-refractivity contribution in [3.63, 3.8) is 0 Å². The Kier molecular flexibility index (Phi) is 4.02. The van der Waals surface area contributed by atoms with Crippen LogP contribution in [0, 0.1) is 5.92 Å². The van der Waals surface area contributed by atoms with Crippen LogP contribution >= 0.6 is 0 Å². The van der Waals surface area contributed by atoms with Crippen LogP contribution in [0.5, 0.6) is 0 Å². The molecular weight excluding hydrogens is 150 g/mol. The summed E-state index contributed by atoms with van der Waals surface area (Å²) in [5.41, 5.74) is 0. The van der Waals surface area contributed by atoms with Crippen molar-refractivity contribution in [1.82, 2.24) is 5.32 Å². The molecule has 12 heavy (non-hydrogen) atoms. The molecule has 0 aromatic carbocycles. The Morgan fingerprint density at radius 2 is 1.83 bits per heavy atom. The SMILES string of the molecule is CC(C)N[C@H]1CC[C@H](CO)CC1. The Balaban J connectivity index is 2.17. The van der Waals surface area contributed by atoms with Crippen LogP contribution in [0.2, 0.25) is 0 Å². The summed E-state index contributed by atoms with van der Waals surface area (Å²) in [4.78, 5) is 0. The standard InChI is InChI=1S/C10H21NO/c1-8(2)11-10-5-3-9(7-12)4-6-10/h8-12H,3-7H2,1-2H3/t9-,10-. The number of hydrogen-bond acceptors (Lipinski definition) is 2. The van der Waals surface area contributed by atoms with Gasteiger partial charge in [0.2, 0.25) is 0 Å². The first kappa shape index (κ1) is 10.0. The van der Waals surface area contributed by atoms with Crippen molar-refractivity contribution in [3.8, 4) is 0 Å². The summed E-state index contributed by atoms with van der Waals surface area (Å²) in [6.45, 7) is 4.77. The van der Waals surface area contributed by atoms with Crippen LogP contribution in [0.4, 0.5) is 0 Å². The van der Waals surface area contributed by atoms with E-state index in [2.05, 4.69) is 19.2 Å². The molecular formula is C10H21NO. The molecule has 0 bridgehead atoms. The first-order valence-corrected chi connectivity index (χ1v) is 5.09. The minimum atomic E-state index is 0.383. The summed E-state index contributed by atoms with van der Waals surface area (Å²) < 4.78 is 0. The molecule has 2 nitrogen and oxygen atoms in total. The third-order valence-electron chi connectivity index (χ3n) is 2.67. The lowest BCUT2D eigenvalue weighted by Crippen LogP contribution is -2.37. The molecule has 2 N–H and O–H groups in total. The van der Waals surface area contributed by atoms with Crippen LogP contribution in [-0.2, 0) is 0 Å². The second-order valence-electron chi connectivity index (χ2n) is 4.22. The van der Waals surface area contributed by atoms with Gasteiger partial charge in [-0.2, -0.15) is 0 Å². The van der Waals surface area contributed by atoms with Gasteiger partial charge in [-0.1, -0.05) is 13.8 Å². The van der Waals surface area contributed by atoms with Gasteiger partial charge in [0, 0.05) is 18.7 Å². The van der Waals surface area contributed by atoms with E-state index in [1.165, 1.54) is 25.7 Å². The molecule has 1 rings (SSSR count). The fraction of sp³-hybridized carbons (Fsp3) is 1.00. The zero-order valence-electron chi connectivity index (χ0n) is 8.21. The molecule has 0 aromatic rings. The van der Waals surface area contributed by atoms with E-state index in [0.717, 1.165) is 0 Å². The highest BCUT2D eigenvalue weighted by Gasteiger charge is 2.20. The van der Waals surface area contributed by atoms with Crippen LogP contribution < -0.4 is 5.32 Å². The van der Waals surface area contributed by atoms with Gasteiger partial charge in [0.1, 0.15) is 0 Å². The normalized spacial score (nSPS) is 31.0. The third kappa shape index (κ3) is 3.11. The van der Waals surface area contributed by atoms with Gasteiger partial charge >= 0.3 is 0 Å². The highest BCUT2D eigenvalue weighted by atomic mass is 16.3. The van der Waals surface area contributed by atoms with Crippen molar-refractivity contribution < 1.29 is 5.11 Å². The van der Waals surface area contributed by atoms with Crippen molar-refractivity contribution in [2.45, 2.75) is 51.6 Å². The number of hydrogen-bond donors (Lipinski definition) is 2. The van der Waals surface area contributed by atoms with E-state index >= 15 is 0 Å². The molecule has 0 saturated heterocycles. The quantitative estimate of drug-likeness (QED) is 0.675. The van der Waals surface area contributed by atoms with Crippen LogP contribution in [-0.4, -0.2) is 23.8 Å². The smallest absolute Gasteiger partial charge is 0.0459 e. The largest absolute Gasteiger partial charge is 0.396 e. The van der Waals surface area contributed by atoms with Gasteiger partial charge < -0.3 is 10.4 Å². The molecule has 0 radical (unpaired) electrons. The summed E-state index contributed by atoms with van der Waals surface area (Å²) >= 11 is 0. The second-order valence-corrected chi connectivity index (χ2v) is 4.22.